The number of aryl methyl sites for hydroxylation is 1. The van der Waals surface area contributed by atoms with Crippen LogP contribution in [0.1, 0.15) is 11.4 Å². The van der Waals surface area contributed by atoms with E-state index in [1.807, 2.05) is 6.26 Å². The first-order chi connectivity index (χ1) is 8.60. The molecule has 2 rings (SSSR count). The minimum Gasteiger partial charge on any atom is -0.276 e. The molecule has 0 amide bonds. The molecule has 0 atom stereocenters. The van der Waals surface area contributed by atoms with Gasteiger partial charge < -0.3 is 0 Å². The largest absolute Gasteiger partial charge is 0.351 e. The molecule has 1 aromatic heterocycles. The molecule has 0 aliphatic carbocycles. The minimum absolute atomic E-state index is 0.295. The quantitative estimate of drug-likeness (QED) is 0.795. The van der Waals surface area contributed by atoms with E-state index < -0.39 is 0 Å². The third-order valence-corrected chi connectivity index (χ3v) is 3.05. The zero-order valence-corrected chi connectivity index (χ0v) is 10.9. The fourth-order valence-electron chi connectivity index (χ4n) is 1.55. The molecule has 6 heteroatoms. The van der Waals surface area contributed by atoms with Gasteiger partial charge in [0.15, 0.2) is 5.16 Å². The lowest BCUT2D eigenvalue weighted by Gasteiger charge is -2.09. The van der Waals surface area contributed by atoms with Gasteiger partial charge in [-0.3, -0.25) is 4.57 Å². The lowest BCUT2D eigenvalue weighted by molar-refractivity contribution is 0.619. The van der Waals surface area contributed by atoms with Crippen LogP contribution in [0.4, 0.5) is 4.39 Å². The van der Waals surface area contributed by atoms with Gasteiger partial charge in [0.1, 0.15) is 11.6 Å². The summed E-state index contributed by atoms with van der Waals surface area (Å²) in [5.41, 5.74) is 0.498. The van der Waals surface area contributed by atoms with Crippen molar-refractivity contribution in [1.82, 2.24) is 14.5 Å². The molecule has 0 bridgehead atoms. The van der Waals surface area contributed by atoms with E-state index in [4.69, 9.17) is 0 Å². The Balaban J connectivity index is 2.35. The van der Waals surface area contributed by atoms with Crippen molar-refractivity contribution in [2.24, 2.45) is 0 Å². The van der Waals surface area contributed by atoms with Crippen LogP contribution in [-0.2, 0) is 6.54 Å². The Labute approximate surface area is 108 Å². The monoisotopic (exact) mass is 265 g/mol. The number of rotatable bonds is 3. The van der Waals surface area contributed by atoms with Crippen LogP contribution in [0.25, 0.3) is 0 Å². The normalized spacial score (nSPS) is 10.6. The number of nitrogens with zero attached hydrogens (tertiary/aromatic N) is 3. The van der Waals surface area contributed by atoms with Crippen LogP contribution in [0.2, 0.25) is 0 Å². The number of benzene rings is 1. The lowest BCUT2D eigenvalue weighted by Crippen LogP contribution is -2.27. The molecule has 94 valence electrons. The van der Waals surface area contributed by atoms with Crippen LogP contribution in [0.3, 0.4) is 0 Å². The highest BCUT2D eigenvalue weighted by atomic mass is 32.2. The minimum atomic E-state index is -0.337. The van der Waals surface area contributed by atoms with Crippen LogP contribution in [0.5, 0.6) is 0 Å². The molecule has 18 heavy (non-hydrogen) atoms. The third kappa shape index (κ3) is 2.76. The second kappa shape index (κ2) is 5.30. The molecular formula is C12H12FN3OS. The van der Waals surface area contributed by atoms with Gasteiger partial charge in [0, 0.05) is 0 Å². The second-order valence-electron chi connectivity index (χ2n) is 3.75. The van der Waals surface area contributed by atoms with Gasteiger partial charge in [-0.05, 0) is 30.9 Å². The molecule has 0 N–H and O–H groups in total. The fourth-order valence-corrected chi connectivity index (χ4v) is 1.94. The molecular weight excluding hydrogens is 253 g/mol. The van der Waals surface area contributed by atoms with Crippen molar-refractivity contribution in [3.05, 3.63) is 52.0 Å². The third-order valence-electron chi connectivity index (χ3n) is 2.51. The van der Waals surface area contributed by atoms with Gasteiger partial charge in [-0.2, -0.15) is 4.98 Å². The molecule has 0 radical (unpaired) electrons. The molecule has 1 heterocycles. The number of hydrogen-bond donors (Lipinski definition) is 0. The summed E-state index contributed by atoms with van der Waals surface area (Å²) in [6, 6.07) is 6.02. The van der Waals surface area contributed by atoms with Crippen molar-refractivity contribution in [2.75, 3.05) is 6.26 Å². The van der Waals surface area contributed by atoms with Gasteiger partial charge in [0.2, 0.25) is 0 Å². The maximum atomic E-state index is 12.8. The lowest BCUT2D eigenvalue weighted by atomic mass is 10.2. The Morgan fingerprint density at radius 2 is 1.94 bits per heavy atom. The van der Waals surface area contributed by atoms with E-state index in [9.17, 15) is 9.18 Å². The Morgan fingerprint density at radius 1 is 1.28 bits per heavy atom. The standard InChI is InChI=1S/C12H12FN3OS/c1-8-14-11(18-2)15-12(17)16(8)7-9-3-5-10(13)6-4-9/h3-6H,7H2,1-2H3. The topological polar surface area (TPSA) is 47.8 Å². The summed E-state index contributed by atoms with van der Waals surface area (Å²) in [6.07, 6.45) is 1.82. The van der Waals surface area contributed by atoms with E-state index in [1.54, 1.807) is 19.1 Å². The van der Waals surface area contributed by atoms with Gasteiger partial charge >= 0.3 is 5.69 Å². The van der Waals surface area contributed by atoms with Crippen molar-refractivity contribution >= 4 is 11.8 Å². The van der Waals surface area contributed by atoms with E-state index >= 15 is 0 Å². The number of aromatic nitrogens is 3. The average molecular weight is 265 g/mol. The summed E-state index contributed by atoms with van der Waals surface area (Å²) in [5, 5.41) is 0.466. The van der Waals surface area contributed by atoms with Crippen LogP contribution in [0, 0.1) is 12.7 Å². The van der Waals surface area contributed by atoms with Gasteiger partial charge in [0.25, 0.3) is 0 Å². The molecule has 0 spiro atoms. The summed E-state index contributed by atoms with van der Waals surface area (Å²) < 4.78 is 14.3. The average Bonchev–Trinajstić information content (AvgIpc) is 2.35. The summed E-state index contributed by atoms with van der Waals surface area (Å²) >= 11 is 1.33. The van der Waals surface area contributed by atoms with Crippen LogP contribution in [-0.4, -0.2) is 20.8 Å². The molecule has 0 unspecified atom stereocenters. The first kappa shape index (κ1) is 12.8. The van der Waals surface area contributed by atoms with E-state index in [-0.39, 0.29) is 11.5 Å². The molecule has 0 saturated heterocycles. The van der Waals surface area contributed by atoms with Crippen molar-refractivity contribution in [3.8, 4) is 0 Å². The van der Waals surface area contributed by atoms with Gasteiger partial charge in [-0.25, -0.2) is 14.2 Å². The number of halogens is 1. The highest BCUT2D eigenvalue weighted by molar-refractivity contribution is 7.98. The maximum Gasteiger partial charge on any atom is 0.351 e. The molecule has 1 aromatic carbocycles. The van der Waals surface area contributed by atoms with Gasteiger partial charge in [-0.1, -0.05) is 23.9 Å². The Hall–Kier alpha value is -1.69. The molecule has 2 aromatic rings. The summed E-state index contributed by atoms with van der Waals surface area (Å²) in [4.78, 5) is 19.9. The second-order valence-corrected chi connectivity index (χ2v) is 4.53. The Morgan fingerprint density at radius 3 is 2.50 bits per heavy atom. The van der Waals surface area contributed by atoms with Crippen LogP contribution < -0.4 is 5.69 Å². The van der Waals surface area contributed by atoms with E-state index in [0.29, 0.717) is 17.5 Å². The van der Waals surface area contributed by atoms with Gasteiger partial charge in [0.05, 0.1) is 6.54 Å². The predicted octanol–water partition coefficient (Wildman–Crippen LogP) is 1.86. The summed E-state index contributed by atoms with van der Waals surface area (Å²) in [6.45, 7) is 2.10. The van der Waals surface area contributed by atoms with E-state index in [0.717, 1.165) is 5.56 Å². The highest BCUT2D eigenvalue weighted by Crippen LogP contribution is 2.08. The molecule has 0 aliphatic heterocycles. The molecule has 0 aliphatic rings. The SMILES string of the molecule is CSc1nc(C)n(Cc2ccc(F)cc2)c(=O)n1. The summed E-state index contributed by atoms with van der Waals surface area (Å²) in [5.74, 6) is 0.306. The van der Waals surface area contributed by atoms with Crippen LogP contribution >= 0.6 is 11.8 Å². The predicted molar refractivity (Wildman–Crippen MR) is 68.3 cm³/mol. The molecule has 0 fully saturated rings. The first-order valence-electron chi connectivity index (χ1n) is 5.34. The van der Waals surface area contributed by atoms with Crippen molar-refractivity contribution in [2.45, 2.75) is 18.6 Å². The van der Waals surface area contributed by atoms with Crippen LogP contribution in [0.15, 0.2) is 34.2 Å². The molecule has 0 saturated carbocycles. The zero-order chi connectivity index (χ0) is 13.1. The van der Waals surface area contributed by atoms with Crippen molar-refractivity contribution in [1.29, 1.82) is 0 Å². The summed E-state index contributed by atoms with van der Waals surface area (Å²) in [7, 11) is 0. The first-order valence-corrected chi connectivity index (χ1v) is 6.56. The van der Waals surface area contributed by atoms with E-state index in [1.165, 1.54) is 28.5 Å². The van der Waals surface area contributed by atoms with Crippen molar-refractivity contribution in [3.63, 3.8) is 0 Å². The number of hydrogen-bond acceptors (Lipinski definition) is 4. The van der Waals surface area contributed by atoms with E-state index in [2.05, 4.69) is 9.97 Å². The highest BCUT2D eigenvalue weighted by Gasteiger charge is 2.06. The Kier molecular flexibility index (Phi) is 3.76. The maximum absolute atomic E-state index is 12.8. The molecule has 4 nitrogen and oxygen atoms in total. The van der Waals surface area contributed by atoms with Crippen molar-refractivity contribution < 1.29 is 4.39 Å². The Bertz CT molecular complexity index is 610. The number of thioether (sulfide) groups is 1. The zero-order valence-electron chi connectivity index (χ0n) is 10.1. The fraction of sp³-hybridized carbons (Fsp3) is 0.250. The van der Waals surface area contributed by atoms with Gasteiger partial charge in [-0.15, -0.1) is 0 Å². The smallest absolute Gasteiger partial charge is 0.276 e.